The van der Waals surface area contributed by atoms with Gasteiger partial charge in [0, 0.05) is 12.3 Å². The number of nitrogens with zero attached hydrogens (tertiary/aromatic N) is 1. The van der Waals surface area contributed by atoms with Gasteiger partial charge in [-0.05, 0) is 18.2 Å². The number of rotatable bonds is 4. The van der Waals surface area contributed by atoms with Crippen molar-refractivity contribution in [3.8, 4) is 0 Å². The van der Waals surface area contributed by atoms with E-state index < -0.39 is 17.6 Å². The SMILES string of the molecule is COC(=O)c1ccc(CNc2c(F)cc(F)cc2Cl)nc1. The van der Waals surface area contributed by atoms with Crippen molar-refractivity contribution in [3.05, 3.63) is 58.4 Å². The van der Waals surface area contributed by atoms with E-state index in [0.29, 0.717) is 11.3 Å². The summed E-state index contributed by atoms with van der Waals surface area (Å²) >= 11 is 5.76. The van der Waals surface area contributed by atoms with Crippen LogP contribution in [0.3, 0.4) is 0 Å². The van der Waals surface area contributed by atoms with Crippen molar-refractivity contribution in [2.45, 2.75) is 6.54 Å². The van der Waals surface area contributed by atoms with E-state index in [4.69, 9.17) is 11.6 Å². The molecule has 0 atom stereocenters. The number of methoxy groups -OCH3 is 1. The molecule has 0 aliphatic heterocycles. The lowest BCUT2D eigenvalue weighted by molar-refractivity contribution is 0.0600. The molecule has 0 aliphatic rings. The molecular weight excluding hydrogens is 302 g/mol. The fourth-order valence-electron chi connectivity index (χ4n) is 1.66. The number of hydrogen-bond donors (Lipinski definition) is 1. The molecular formula is C14H11ClF2N2O2. The molecule has 21 heavy (non-hydrogen) atoms. The topological polar surface area (TPSA) is 51.2 Å². The smallest absolute Gasteiger partial charge is 0.339 e. The fourth-order valence-corrected chi connectivity index (χ4v) is 1.92. The lowest BCUT2D eigenvalue weighted by Crippen LogP contribution is -2.06. The first-order valence-electron chi connectivity index (χ1n) is 5.93. The molecule has 1 heterocycles. The maximum atomic E-state index is 13.6. The highest BCUT2D eigenvalue weighted by atomic mass is 35.5. The van der Waals surface area contributed by atoms with Crippen LogP contribution in [0.4, 0.5) is 14.5 Å². The van der Waals surface area contributed by atoms with Crippen LogP contribution in [0.1, 0.15) is 16.1 Å². The van der Waals surface area contributed by atoms with Crippen molar-refractivity contribution in [1.29, 1.82) is 0 Å². The molecule has 4 nitrogen and oxygen atoms in total. The number of hydrogen-bond acceptors (Lipinski definition) is 4. The Balaban J connectivity index is 2.08. The third kappa shape index (κ3) is 3.66. The third-order valence-electron chi connectivity index (χ3n) is 2.70. The number of esters is 1. The van der Waals surface area contributed by atoms with E-state index in [-0.39, 0.29) is 17.3 Å². The molecule has 7 heteroatoms. The van der Waals surface area contributed by atoms with Crippen LogP contribution in [0.15, 0.2) is 30.5 Å². The van der Waals surface area contributed by atoms with E-state index in [1.54, 1.807) is 12.1 Å². The lowest BCUT2D eigenvalue weighted by Gasteiger charge is -2.09. The normalized spacial score (nSPS) is 10.3. The molecule has 1 aromatic heterocycles. The van der Waals surface area contributed by atoms with Gasteiger partial charge in [-0.25, -0.2) is 13.6 Å². The number of ether oxygens (including phenoxy) is 1. The molecule has 2 aromatic rings. The van der Waals surface area contributed by atoms with Gasteiger partial charge in [0.15, 0.2) is 5.82 Å². The van der Waals surface area contributed by atoms with Gasteiger partial charge in [-0.2, -0.15) is 0 Å². The van der Waals surface area contributed by atoms with Crippen molar-refractivity contribution in [1.82, 2.24) is 4.98 Å². The first-order chi connectivity index (χ1) is 10.0. The quantitative estimate of drug-likeness (QED) is 0.879. The largest absolute Gasteiger partial charge is 0.465 e. The van der Waals surface area contributed by atoms with E-state index in [1.165, 1.54) is 13.3 Å². The van der Waals surface area contributed by atoms with Crippen LogP contribution in [-0.4, -0.2) is 18.1 Å². The Labute approximate surface area is 124 Å². The van der Waals surface area contributed by atoms with Gasteiger partial charge in [0.05, 0.1) is 35.6 Å². The summed E-state index contributed by atoms with van der Waals surface area (Å²) in [6.07, 6.45) is 1.35. The number of carbonyl (C=O) groups excluding carboxylic acids is 1. The molecule has 110 valence electrons. The van der Waals surface area contributed by atoms with Gasteiger partial charge in [0.1, 0.15) is 5.82 Å². The summed E-state index contributed by atoms with van der Waals surface area (Å²) in [6.45, 7) is 0.170. The maximum Gasteiger partial charge on any atom is 0.339 e. The summed E-state index contributed by atoms with van der Waals surface area (Å²) in [5.41, 5.74) is 0.867. The van der Waals surface area contributed by atoms with Crippen LogP contribution in [-0.2, 0) is 11.3 Å². The number of halogens is 3. The van der Waals surface area contributed by atoms with Gasteiger partial charge in [0.2, 0.25) is 0 Å². The Morgan fingerprint density at radius 1 is 1.38 bits per heavy atom. The van der Waals surface area contributed by atoms with Crippen LogP contribution in [0.2, 0.25) is 5.02 Å². The minimum absolute atomic E-state index is 0.00286. The molecule has 0 spiro atoms. The maximum absolute atomic E-state index is 13.6. The predicted octanol–water partition coefficient (Wildman–Crippen LogP) is 3.41. The van der Waals surface area contributed by atoms with Crippen molar-refractivity contribution < 1.29 is 18.3 Å². The molecule has 0 amide bonds. The van der Waals surface area contributed by atoms with Crippen molar-refractivity contribution in [3.63, 3.8) is 0 Å². The molecule has 0 saturated heterocycles. The van der Waals surface area contributed by atoms with E-state index in [1.807, 2.05) is 0 Å². The Hall–Kier alpha value is -2.21. The Bertz CT molecular complexity index is 640. The fraction of sp³-hybridized carbons (Fsp3) is 0.143. The molecule has 0 fully saturated rings. The zero-order valence-corrected chi connectivity index (χ0v) is 11.7. The number of aromatic nitrogens is 1. The monoisotopic (exact) mass is 312 g/mol. The second-order valence-corrected chi connectivity index (χ2v) is 4.53. The summed E-state index contributed by atoms with van der Waals surface area (Å²) in [6, 6.07) is 4.88. The summed E-state index contributed by atoms with van der Waals surface area (Å²) in [5.74, 6) is -2.02. The summed E-state index contributed by atoms with van der Waals surface area (Å²) < 4.78 is 31.0. The number of pyridine rings is 1. The van der Waals surface area contributed by atoms with Gasteiger partial charge < -0.3 is 10.1 Å². The highest BCUT2D eigenvalue weighted by molar-refractivity contribution is 6.33. The van der Waals surface area contributed by atoms with Crippen LogP contribution in [0, 0.1) is 11.6 Å². The van der Waals surface area contributed by atoms with Crippen LogP contribution >= 0.6 is 11.6 Å². The summed E-state index contributed by atoms with van der Waals surface area (Å²) in [7, 11) is 1.27. The van der Waals surface area contributed by atoms with Crippen molar-refractivity contribution in [2.75, 3.05) is 12.4 Å². The average Bonchev–Trinajstić information content (AvgIpc) is 2.46. The Morgan fingerprint density at radius 2 is 2.14 bits per heavy atom. The molecule has 1 aromatic carbocycles. The first kappa shape index (κ1) is 15.2. The molecule has 1 N–H and O–H groups in total. The molecule has 0 unspecified atom stereocenters. The number of carbonyl (C=O) groups is 1. The van der Waals surface area contributed by atoms with Crippen molar-refractivity contribution >= 4 is 23.3 Å². The van der Waals surface area contributed by atoms with Gasteiger partial charge in [-0.3, -0.25) is 4.98 Å². The van der Waals surface area contributed by atoms with Gasteiger partial charge in [0.25, 0.3) is 0 Å². The standard InChI is InChI=1S/C14H11ClF2N2O2/c1-21-14(20)8-2-3-10(18-6-8)7-19-13-11(15)4-9(16)5-12(13)17/h2-6,19H,7H2,1H3. The average molecular weight is 313 g/mol. The third-order valence-corrected chi connectivity index (χ3v) is 3.00. The van der Waals surface area contributed by atoms with E-state index in [2.05, 4.69) is 15.0 Å². The Morgan fingerprint density at radius 3 is 2.71 bits per heavy atom. The zero-order valence-electron chi connectivity index (χ0n) is 11.0. The van der Waals surface area contributed by atoms with Crippen LogP contribution < -0.4 is 5.32 Å². The molecule has 0 radical (unpaired) electrons. The minimum atomic E-state index is -0.786. The van der Waals surface area contributed by atoms with Gasteiger partial charge in [-0.1, -0.05) is 11.6 Å². The minimum Gasteiger partial charge on any atom is -0.465 e. The van der Waals surface area contributed by atoms with Crippen LogP contribution in [0.25, 0.3) is 0 Å². The first-order valence-corrected chi connectivity index (χ1v) is 6.30. The van der Waals surface area contributed by atoms with E-state index in [9.17, 15) is 13.6 Å². The summed E-state index contributed by atoms with van der Waals surface area (Å²) in [4.78, 5) is 15.3. The van der Waals surface area contributed by atoms with Crippen LogP contribution in [0.5, 0.6) is 0 Å². The highest BCUT2D eigenvalue weighted by Gasteiger charge is 2.10. The highest BCUT2D eigenvalue weighted by Crippen LogP contribution is 2.26. The summed E-state index contributed by atoms with van der Waals surface area (Å²) in [5, 5.41) is 2.68. The molecule has 0 bridgehead atoms. The van der Waals surface area contributed by atoms with Gasteiger partial charge in [-0.15, -0.1) is 0 Å². The van der Waals surface area contributed by atoms with Crippen molar-refractivity contribution in [2.24, 2.45) is 0 Å². The number of anilines is 1. The van der Waals surface area contributed by atoms with Gasteiger partial charge >= 0.3 is 5.97 Å². The zero-order chi connectivity index (χ0) is 15.4. The molecule has 0 saturated carbocycles. The second kappa shape index (κ2) is 6.49. The number of nitrogens with one attached hydrogen (secondary N) is 1. The van der Waals surface area contributed by atoms with E-state index >= 15 is 0 Å². The second-order valence-electron chi connectivity index (χ2n) is 4.13. The number of benzene rings is 1. The Kier molecular flexibility index (Phi) is 4.70. The molecule has 0 aliphatic carbocycles. The molecule has 2 rings (SSSR count). The van der Waals surface area contributed by atoms with E-state index in [0.717, 1.165) is 12.1 Å². The predicted molar refractivity (Wildman–Crippen MR) is 74.3 cm³/mol. The lowest BCUT2D eigenvalue weighted by atomic mass is 10.2.